The van der Waals surface area contributed by atoms with Crippen molar-refractivity contribution in [1.29, 1.82) is 0 Å². The summed E-state index contributed by atoms with van der Waals surface area (Å²) < 4.78 is 17.9. The van der Waals surface area contributed by atoms with Gasteiger partial charge in [0.2, 0.25) is 0 Å². The van der Waals surface area contributed by atoms with E-state index in [1.807, 2.05) is 80.6 Å². The molecule has 0 unspecified atom stereocenters. The highest BCUT2D eigenvalue weighted by molar-refractivity contribution is 5.95. The molecule has 1 aliphatic rings. The monoisotopic (exact) mass is 488 g/mol. The van der Waals surface area contributed by atoms with Gasteiger partial charge in [0.15, 0.2) is 5.79 Å². The zero-order valence-corrected chi connectivity index (χ0v) is 20.6. The van der Waals surface area contributed by atoms with Crippen LogP contribution in [0.2, 0.25) is 0 Å². The van der Waals surface area contributed by atoms with Gasteiger partial charge in [0.25, 0.3) is 11.8 Å². The maximum absolute atomic E-state index is 12.8. The summed E-state index contributed by atoms with van der Waals surface area (Å²) in [7, 11) is 0. The van der Waals surface area contributed by atoms with Crippen LogP contribution < -0.4 is 10.6 Å². The summed E-state index contributed by atoms with van der Waals surface area (Å²) in [4.78, 5) is 25.3. The van der Waals surface area contributed by atoms with E-state index in [0.717, 1.165) is 11.1 Å². The first-order valence-electron chi connectivity index (χ1n) is 12.1. The van der Waals surface area contributed by atoms with Gasteiger partial charge in [-0.2, -0.15) is 0 Å². The number of ether oxygens (including phenoxy) is 3. The van der Waals surface area contributed by atoms with Crippen molar-refractivity contribution < 1.29 is 23.8 Å². The molecule has 36 heavy (non-hydrogen) atoms. The fourth-order valence-electron chi connectivity index (χ4n) is 3.95. The highest BCUT2D eigenvalue weighted by Crippen LogP contribution is 2.21. The molecule has 3 aromatic carbocycles. The number of rotatable bonds is 7. The van der Waals surface area contributed by atoms with E-state index >= 15 is 0 Å². The minimum Gasteiger partial charge on any atom is -0.371 e. The third-order valence-electron chi connectivity index (χ3n) is 5.83. The van der Waals surface area contributed by atoms with Crippen LogP contribution in [-0.2, 0) is 14.2 Å². The molecule has 2 atom stereocenters. The Labute approximate surface area is 211 Å². The van der Waals surface area contributed by atoms with E-state index in [0.29, 0.717) is 11.1 Å². The Morgan fingerprint density at radius 3 is 2.06 bits per heavy atom. The molecule has 0 aliphatic carbocycles. The minimum atomic E-state index is -0.863. The fourth-order valence-corrected chi connectivity index (χ4v) is 3.95. The van der Waals surface area contributed by atoms with Gasteiger partial charge in [0.05, 0.1) is 19.3 Å². The Kier molecular flexibility index (Phi) is 8.48. The Balaban J connectivity index is 1.32. The highest BCUT2D eigenvalue weighted by atomic mass is 16.7. The Morgan fingerprint density at radius 1 is 0.750 bits per heavy atom. The average Bonchev–Trinajstić information content (AvgIpc) is 2.90. The van der Waals surface area contributed by atoms with E-state index in [9.17, 15) is 9.59 Å². The Bertz CT molecular complexity index is 1150. The maximum atomic E-state index is 12.8. The van der Waals surface area contributed by atoms with E-state index < -0.39 is 11.9 Å². The smallest absolute Gasteiger partial charge is 0.251 e. The Morgan fingerprint density at radius 2 is 1.33 bits per heavy atom. The van der Waals surface area contributed by atoms with Crippen LogP contribution in [0.3, 0.4) is 0 Å². The average molecular weight is 489 g/mol. The second kappa shape index (κ2) is 11.9. The van der Waals surface area contributed by atoms with E-state index in [1.54, 1.807) is 18.2 Å². The number of amides is 2. The predicted octanol–water partition coefficient (Wildman–Crippen LogP) is 4.05. The van der Waals surface area contributed by atoms with Gasteiger partial charge < -0.3 is 24.8 Å². The van der Waals surface area contributed by atoms with Gasteiger partial charge in [0, 0.05) is 24.2 Å². The van der Waals surface area contributed by atoms with Gasteiger partial charge >= 0.3 is 0 Å². The quantitative estimate of drug-likeness (QED) is 0.524. The van der Waals surface area contributed by atoms with Crippen LogP contribution in [-0.4, -0.2) is 56.1 Å². The molecule has 0 bridgehead atoms. The zero-order chi connectivity index (χ0) is 25.4. The van der Waals surface area contributed by atoms with Crippen molar-refractivity contribution in [2.24, 2.45) is 0 Å². The lowest BCUT2D eigenvalue weighted by molar-refractivity contribution is -0.274. The topological polar surface area (TPSA) is 85.9 Å². The van der Waals surface area contributed by atoms with Crippen LogP contribution in [0.1, 0.15) is 34.6 Å². The predicted molar refractivity (Wildman–Crippen MR) is 138 cm³/mol. The molecule has 1 aliphatic heterocycles. The van der Waals surface area contributed by atoms with Gasteiger partial charge in [-0.15, -0.1) is 0 Å². The van der Waals surface area contributed by atoms with Gasteiger partial charge in [-0.1, -0.05) is 60.7 Å². The van der Waals surface area contributed by atoms with Crippen molar-refractivity contribution >= 4 is 11.8 Å². The molecule has 7 nitrogen and oxygen atoms in total. The van der Waals surface area contributed by atoms with Gasteiger partial charge in [0.1, 0.15) is 6.10 Å². The van der Waals surface area contributed by atoms with Gasteiger partial charge in [-0.3, -0.25) is 9.59 Å². The maximum Gasteiger partial charge on any atom is 0.251 e. The highest BCUT2D eigenvalue weighted by Gasteiger charge is 2.30. The van der Waals surface area contributed by atoms with Crippen LogP contribution in [0.4, 0.5) is 0 Å². The molecule has 0 radical (unpaired) electrons. The molecule has 2 amide bonds. The molecule has 188 valence electrons. The first kappa shape index (κ1) is 25.6. The molecule has 7 heteroatoms. The molecule has 2 N–H and O–H groups in total. The Hall–Kier alpha value is -3.52. The lowest BCUT2D eigenvalue weighted by atomic mass is 10.0. The summed E-state index contributed by atoms with van der Waals surface area (Å²) in [5.41, 5.74) is 3.19. The summed E-state index contributed by atoms with van der Waals surface area (Å²) in [6.45, 7) is 4.73. The minimum absolute atomic E-state index is 0.179. The lowest BCUT2D eigenvalue weighted by Gasteiger charge is -2.36. The molecule has 0 saturated carbocycles. The number of hydrogen-bond donors (Lipinski definition) is 2. The van der Waals surface area contributed by atoms with Crippen molar-refractivity contribution in [2.75, 3.05) is 26.3 Å². The molecule has 0 spiro atoms. The first-order chi connectivity index (χ1) is 17.4. The van der Waals surface area contributed by atoms with Crippen LogP contribution in [0.5, 0.6) is 0 Å². The van der Waals surface area contributed by atoms with Crippen LogP contribution in [0, 0.1) is 0 Å². The second-order valence-corrected chi connectivity index (χ2v) is 9.14. The van der Waals surface area contributed by atoms with Crippen LogP contribution >= 0.6 is 0 Å². The van der Waals surface area contributed by atoms with E-state index in [-0.39, 0.29) is 44.2 Å². The van der Waals surface area contributed by atoms with E-state index in [1.165, 1.54) is 0 Å². The molecule has 1 fully saturated rings. The lowest BCUT2D eigenvalue weighted by Crippen LogP contribution is -2.48. The van der Waals surface area contributed by atoms with E-state index in [4.69, 9.17) is 14.2 Å². The molecule has 1 saturated heterocycles. The van der Waals surface area contributed by atoms with Crippen molar-refractivity contribution in [3.63, 3.8) is 0 Å². The molecule has 1 heterocycles. The third-order valence-corrected chi connectivity index (χ3v) is 5.83. The fraction of sp³-hybridized carbons (Fsp3) is 0.310. The van der Waals surface area contributed by atoms with Crippen molar-refractivity contribution in [3.8, 4) is 11.1 Å². The number of carbonyl (C=O) groups is 2. The van der Waals surface area contributed by atoms with Crippen LogP contribution in [0.25, 0.3) is 11.1 Å². The molecular formula is C29H32N2O5. The standard InChI is InChI=1S/C29H32N2O5/c1-29(2)35-20-25(34-19-26(36-29)18-31-27(32)22-12-7-4-8-13-22)17-30-28(33)24-15-9-14-23(16-24)21-10-5-3-6-11-21/h3-16,25-26H,17-20H2,1-2H3,(H,30,33)(H,31,32)/t25-,26+/m1/s1. The molecule has 0 aromatic heterocycles. The molecule has 4 rings (SSSR count). The number of benzene rings is 3. The molecule has 3 aromatic rings. The number of nitrogens with one attached hydrogen (secondary N) is 2. The molecular weight excluding hydrogens is 456 g/mol. The summed E-state index contributed by atoms with van der Waals surface area (Å²) in [6.07, 6.45) is -0.768. The summed E-state index contributed by atoms with van der Waals surface area (Å²) in [5, 5.41) is 5.85. The first-order valence-corrected chi connectivity index (χ1v) is 12.1. The number of hydrogen-bond acceptors (Lipinski definition) is 5. The number of carbonyl (C=O) groups excluding carboxylic acids is 2. The SMILES string of the molecule is CC1(C)OC[C@@H](CNC(=O)c2cccc(-c3ccccc3)c2)OC[C@H](CNC(=O)c2ccccc2)O1. The van der Waals surface area contributed by atoms with E-state index in [2.05, 4.69) is 10.6 Å². The van der Waals surface area contributed by atoms with Gasteiger partial charge in [-0.25, -0.2) is 0 Å². The largest absolute Gasteiger partial charge is 0.371 e. The van der Waals surface area contributed by atoms with Crippen molar-refractivity contribution in [2.45, 2.75) is 31.8 Å². The second-order valence-electron chi connectivity index (χ2n) is 9.14. The third kappa shape index (κ3) is 7.24. The van der Waals surface area contributed by atoms with Crippen LogP contribution in [0.15, 0.2) is 84.9 Å². The summed E-state index contributed by atoms with van der Waals surface area (Å²) in [5.74, 6) is -1.22. The normalized spacial score (nSPS) is 19.5. The van der Waals surface area contributed by atoms with Crippen molar-refractivity contribution in [1.82, 2.24) is 10.6 Å². The summed E-state index contributed by atoms with van der Waals surface area (Å²) >= 11 is 0. The summed E-state index contributed by atoms with van der Waals surface area (Å²) in [6, 6.07) is 26.5. The zero-order valence-electron chi connectivity index (χ0n) is 20.6. The van der Waals surface area contributed by atoms with Gasteiger partial charge in [-0.05, 0) is 49.2 Å². The van der Waals surface area contributed by atoms with Crippen molar-refractivity contribution in [3.05, 3.63) is 96.1 Å².